The topological polar surface area (TPSA) is 67.4 Å². The van der Waals surface area contributed by atoms with E-state index in [2.05, 4.69) is 10.0 Å². The minimum absolute atomic E-state index is 0.197. The standard InChI is InChI=1S/C11H22N2O3S/c1-11(5-7-16-9-11)13-17(14,15)8-2-6-12-10-3-4-10/h10,12-13H,2-9H2,1H3. The lowest BCUT2D eigenvalue weighted by Crippen LogP contribution is -2.47. The second-order valence-electron chi connectivity index (χ2n) is 5.37. The minimum atomic E-state index is -3.17. The van der Waals surface area contributed by atoms with Crippen LogP contribution in [0.4, 0.5) is 0 Å². The number of sulfonamides is 1. The maximum absolute atomic E-state index is 11.9. The molecule has 100 valence electrons. The molecule has 0 aromatic rings. The van der Waals surface area contributed by atoms with Gasteiger partial charge < -0.3 is 10.1 Å². The van der Waals surface area contributed by atoms with Crippen LogP contribution >= 0.6 is 0 Å². The number of hydrogen-bond acceptors (Lipinski definition) is 4. The predicted octanol–water partition coefficient (Wildman–Crippen LogP) is 0.227. The van der Waals surface area contributed by atoms with Crippen LogP contribution in [-0.4, -0.2) is 45.5 Å². The molecule has 0 aromatic heterocycles. The molecule has 0 spiro atoms. The lowest BCUT2D eigenvalue weighted by molar-refractivity contribution is 0.178. The Labute approximate surface area is 103 Å². The van der Waals surface area contributed by atoms with Crippen molar-refractivity contribution in [3.05, 3.63) is 0 Å². The molecule has 2 N–H and O–H groups in total. The van der Waals surface area contributed by atoms with Gasteiger partial charge in [0.1, 0.15) is 0 Å². The fraction of sp³-hybridized carbons (Fsp3) is 1.00. The van der Waals surface area contributed by atoms with Crippen molar-refractivity contribution in [2.75, 3.05) is 25.5 Å². The second-order valence-corrected chi connectivity index (χ2v) is 7.21. The molecule has 1 heterocycles. The third kappa shape index (κ3) is 4.54. The summed E-state index contributed by atoms with van der Waals surface area (Å²) in [7, 11) is -3.17. The molecule has 0 aromatic carbocycles. The van der Waals surface area contributed by atoms with E-state index in [1.54, 1.807) is 0 Å². The van der Waals surface area contributed by atoms with Gasteiger partial charge in [0.25, 0.3) is 0 Å². The second kappa shape index (κ2) is 5.22. The third-order valence-electron chi connectivity index (χ3n) is 3.22. The van der Waals surface area contributed by atoms with Gasteiger partial charge in [0, 0.05) is 12.6 Å². The summed E-state index contributed by atoms with van der Waals surface area (Å²) in [6.45, 7) is 3.81. The number of hydrogen-bond donors (Lipinski definition) is 2. The minimum Gasteiger partial charge on any atom is -0.379 e. The zero-order valence-corrected chi connectivity index (χ0v) is 11.2. The van der Waals surface area contributed by atoms with Crippen LogP contribution in [0.25, 0.3) is 0 Å². The molecule has 1 unspecified atom stereocenters. The maximum atomic E-state index is 11.9. The van der Waals surface area contributed by atoms with Gasteiger partial charge in [-0.3, -0.25) is 0 Å². The quantitative estimate of drug-likeness (QED) is 0.644. The van der Waals surface area contributed by atoms with Crippen LogP contribution in [0.2, 0.25) is 0 Å². The molecular weight excluding hydrogens is 240 g/mol. The fourth-order valence-corrected chi connectivity index (χ4v) is 3.57. The van der Waals surface area contributed by atoms with Crippen LogP contribution in [0.15, 0.2) is 0 Å². The van der Waals surface area contributed by atoms with Crippen LogP contribution in [0.5, 0.6) is 0 Å². The van der Waals surface area contributed by atoms with Crippen LogP contribution in [0.1, 0.15) is 32.6 Å². The van der Waals surface area contributed by atoms with Crippen LogP contribution in [-0.2, 0) is 14.8 Å². The smallest absolute Gasteiger partial charge is 0.212 e. The highest BCUT2D eigenvalue weighted by Crippen LogP contribution is 2.19. The molecule has 17 heavy (non-hydrogen) atoms. The third-order valence-corrected chi connectivity index (χ3v) is 4.85. The number of nitrogens with one attached hydrogen (secondary N) is 2. The predicted molar refractivity (Wildman–Crippen MR) is 66.4 cm³/mol. The Balaban J connectivity index is 1.69. The van der Waals surface area contributed by atoms with Crippen molar-refractivity contribution < 1.29 is 13.2 Å². The Kier molecular flexibility index (Phi) is 4.07. The van der Waals surface area contributed by atoms with Crippen molar-refractivity contribution in [3.8, 4) is 0 Å². The summed E-state index contributed by atoms with van der Waals surface area (Å²) in [5, 5.41) is 3.32. The van der Waals surface area contributed by atoms with Crippen LogP contribution in [0.3, 0.4) is 0 Å². The SMILES string of the molecule is CC1(NS(=O)(=O)CCCNC2CC2)CCOC1. The van der Waals surface area contributed by atoms with E-state index in [-0.39, 0.29) is 5.75 Å². The zero-order chi connectivity index (χ0) is 12.4. The summed E-state index contributed by atoms with van der Waals surface area (Å²) < 4.78 is 31.7. The van der Waals surface area contributed by atoms with Gasteiger partial charge in [0.15, 0.2) is 0 Å². The van der Waals surface area contributed by atoms with Crippen molar-refractivity contribution >= 4 is 10.0 Å². The van der Waals surface area contributed by atoms with Gasteiger partial charge in [-0.05, 0) is 39.2 Å². The number of ether oxygens (including phenoxy) is 1. The highest BCUT2D eigenvalue weighted by atomic mass is 32.2. The maximum Gasteiger partial charge on any atom is 0.212 e. The Morgan fingerprint density at radius 3 is 2.76 bits per heavy atom. The fourth-order valence-electron chi connectivity index (χ4n) is 2.03. The average molecular weight is 262 g/mol. The van der Waals surface area contributed by atoms with Crippen LogP contribution < -0.4 is 10.0 Å². The van der Waals surface area contributed by atoms with Gasteiger partial charge in [-0.2, -0.15) is 0 Å². The van der Waals surface area contributed by atoms with Gasteiger partial charge in [-0.25, -0.2) is 13.1 Å². The first-order valence-corrected chi connectivity index (χ1v) is 7.97. The molecule has 0 radical (unpaired) electrons. The molecule has 5 nitrogen and oxygen atoms in total. The van der Waals surface area contributed by atoms with Crippen LogP contribution in [0, 0.1) is 0 Å². The molecule has 1 saturated heterocycles. The molecule has 2 aliphatic rings. The first kappa shape index (κ1) is 13.3. The van der Waals surface area contributed by atoms with E-state index in [0.717, 1.165) is 13.0 Å². The molecule has 1 atom stereocenters. The normalized spacial score (nSPS) is 29.7. The van der Waals surface area contributed by atoms with Crippen molar-refractivity contribution in [3.63, 3.8) is 0 Å². The first-order valence-electron chi connectivity index (χ1n) is 6.32. The summed E-state index contributed by atoms with van der Waals surface area (Å²) >= 11 is 0. The molecule has 1 aliphatic heterocycles. The van der Waals surface area contributed by atoms with Gasteiger partial charge >= 0.3 is 0 Å². The Hall–Kier alpha value is -0.170. The molecule has 0 amide bonds. The van der Waals surface area contributed by atoms with Gasteiger partial charge in [0.2, 0.25) is 10.0 Å². The van der Waals surface area contributed by atoms with E-state index in [1.807, 2.05) is 6.92 Å². The number of rotatable bonds is 7. The molecule has 6 heteroatoms. The van der Waals surface area contributed by atoms with Crippen molar-refractivity contribution in [1.29, 1.82) is 0 Å². The van der Waals surface area contributed by atoms with Crippen molar-refractivity contribution in [2.24, 2.45) is 0 Å². The molecule has 2 fully saturated rings. The Morgan fingerprint density at radius 2 is 2.18 bits per heavy atom. The summed E-state index contributed by atoms with van der Waals surface area (Å²) in [5.41, 5.74) is -0.400. The lowest BCUT2D eigenvalue weighted by Gasteiger charge is -2.23. The van der Waals surface area contributed by atoms with Gasteiger partial charge in [-0.1, -0.05) is 0 Å². The summed E-state index contributed by atoms with van der Waals surface area (Å²) in [5.74, 6) is 0.197. The highest BCUT2D eigenvalue weighted by molar-refractivity contribution is 7.89. The summed E-state index contributed by atoms with van der Waals surface area (Å²) in [6, 6.07) is 0.645. The van der Waals surface area contributed by atoms with Gasteiger partial charge in [-0.15, -0.1) is 0 Å². The van der Waals surface area contributed by atoms with Crippen molar-refractivity contribution in [2.45, 2.75) is 44.2 Å². The van der Waals surface area contributed by atoms with Crippen molar-refractivity contribution in [1.82, 2.24) is 10.0 Å². The zero-order valence-electron chi connectivity index (χ0n) is 10.4. The first-order chi connectivity index (χ1) is 7.99. The lowest BCUT2D eigenvalue weighted by atomic mass is 10.0. The largest absolute Gasteiger partial charge is 0.379 e. The Morgan fingerprint density at radius 1 is 1.41 bits per heavy atom. The van der Waals surface area contributed by atoms with E-state index < -0.39 is 15.6 Å². The molecule has 1 aliphatic carbocycles. The van der Waals surface area contributed by atoms with E-state index in [9.17, 15) is 8.42 Å². The van der Waals surface area contributed by atoms with E-state index >= 15 is 0 Å². The molecule has 1 saturated carbocycles. The van der Waals surface area contributed by atoms with E-state index in [1.165, 1.54) is 12.8 Å². The Bertz CT molecular complexity index is 346. The van der Waals surface area contributed by atoms with E-state index in [0.29, 0.717) is 25.7 Å². The van der Waals surface area contributed by atoms with E-state index in [4.69, 9.17) is 4.74 Å². The molecule has 0 bridgehead atoms. The summed E-state index contributed by atoms with van der Waals surface area (Å²) in [6.07, 6.45) is 3.90. The highest BCUT2D eigenvalue weighted by Gasteiger charge is 2.33. The molecular formula is C11H22N2O3S. The monoisotopic (exact) mass is 262 g/mol. The molecule has 2 rings (SSSR count). The average Bonchev–Trinajstić information content (AvgIpc) is 2.96. The summed E-state index contributed by atoms with van der Waals surface area (Å²) in [4.78, 5) is 0. The van der Waals surface area contributed by atoms with Gasteiger partial charge in [0.05, 0.1) is 17.9 Å².